The van der Waals surface area contributed by atoms with E-state index in [0.717, 1.165) is 117 Å². The van der Waals surface area contributed by atoms with Gasteiger partial charge in [-0.25, -0.2) is 79.4 Å². The molecular weight excluding hydrogens is 1600 g/mol. The molecule has 9 aromatic rings. The molecule has 12 rings (SSSR count). The van der Waals surface area contributed by atoms with E-state index >= 15 is 0 Å². The Morgan fingerprint density at radius 3 is 1.38 bits per heavy atom. The summed E-state index contributed by atoms with van der Waals surface area (Å²) in [6, 6.07) is 11.3. The lowest BCUT2D eigenvalue weighted by Gasteiger charge is -2.26. The molecule has 3 aliphatic rings. The third-order valence-corrected chi connectivity index (χ3v) is 24.5. The second-order valence-corrected chi connectivity index (χ2v) is 31.9. The van der Waals surface area contributed by atoms with Gasteiger partial charge in [0, 0.05) is 79.6 Å². The quantitative estimate of drug-likeness (QED) is 0.0550. The van der Waals surface area contributed by atoms with Gasteiger partial charge >= 0.3 is 12.4 Å². The summed E-state index contributed by atoms with van der Waals surface area (Å²) in [5, 5.41) is 5.92. The second kappa shape index (κ2) is 35.6. The lowest BCUT2D eigenvalue weighted by atomic mass is 10.0. The van der Waals surface area contributed by atoms with Crippen LogP contribution in [0.1, 0.15) is 98.2 Å². The first-order chi connectivity index (χ1) is 53.6. The maximum Gasteiger partial charge on any atom is 0.451 e. The molecule has 3 saturated heterocycles. The summed E-state index contributed by atoms with van der Waals surface area (Å²) >= 11 is 0. The third kappa shape index (κ3) is 20.4. The number of carbonyl (C=O) groups is 3. The van der Waals surface area contributed by atoms with Crippen LogP contribution in [0, 0.1) is 41.8 Å². The maximum atomic E-state index is 14.6. The molecule has 0 saturated carbocycles. The van der Waals surface area contributed by atoms with Crippen molar-refractivity contribution in [2.24, 2.45) is 0 Å². The standard InChI is InChI=1S/C25H23F4N3O4S.C25H25F3N4O4S.C23H19F8N5O3S/c1-15-21(28)11-23(32(15)37(34,35)20-7-3-16(26)4-8-20)24(33)9-6-18-10-25(22(29)13-31-18)36-14-19-5-2-17(27)12-30-19;1-15-7-17(11-29-10-15)14-36-24-8-19(30-13-22(24)28)12-31-25(33)23-9-21(27)16(2)32(23)37(34,35)20-5-3-18(26)4-6-20;1-12-17(25)8-18(36(12)40(38,39)16-5-3-14(24)4-6-16)19(37)7-2-13-11-35(34-20(13)22(26,27)28)15-9-32-21(33-10-15)23(29,30)31/h2-5,7-8,10,12-13,15,21,23H,6,9,11,14H2,1H3;3-8,10-11,13,16,21,23H,9,12,14H2,1-2H3,(H,31,33);3-6,9-12,17-18H,2,7-8H2,1H3/t15-,21+,23-;16-,21+,23-;12-,17+,18-/m000/s1. The highest BCUT2D eigenvalue weighted by molar-refractivity contribution is 7.89. The van der Waals surface area contributed by atoms with Crippen molar-refractivity contribution in [3.05, 3.63) is 233 Å². The van der Waals surface area contributed by atoms with E-state index in [1.807, 2.05) is 13.0 Å². The smallest absolute Gasteiger partial charge is 0.451 e. The number of hydrogen-bond donors (Lipinski definition) is 1. The van der Waals surface area contributed by atoms with Crippen molar-refractivity contribution in [2.45, 2.75) is 174 Å². The fraction of sp³-hybridized carbons (Fsp3) is 0.342. The zero-order chi connectivity index (χ0) is 83.1. The molecule has 41 heteroatoms. The fourth-order valence-electron chi connectivity index (χ4n) is 12.5. The van der Waals surface area contributed by atoms with Crippen molar-refractivity contribution in [1.29, 1.82) is 0 Å². The van der Waals surface area contributed by atoms with E-state index in [1.165, 1.54) is 45.0 Å². The number of aryl methyl sites for hydroxylation is 3. The van der Waals surface area contributed by atoms with Gasteiger partial charge in [-0.05, 0) is 137 Å². The van der Waals surface area contributed by atoms with Crippen LogP contribution in [0.4, 0.5) is 65.9 Å². The van der Waals surface area contributed by atoms with Crippen LogP contribution in [0.5, 0.6) is 11.5 Å². The van der Waals surface area contributed by atoms with Gasteiger partial charge < -0.3 is 14.8 Å². The highest BCUT2D eigenvalue weighted by Gasteiger charge is 2.52. The van der Waals surface area contributed by atoms with Gasteiger partial charge in [-0.15, -0.1) is 0 Å². The largest absolute Gasteiger partial charge is 0.486 e. The molecule has 608 valence electrons. The Morgan fingerprint density at radius 1 is 0.491 bits per heavy atom. The van der Waals surface area contributed by atoms with Crippen LogP contribution in [0.15, 0.2) is 167 Å². The van der Waals surface area contributed by atoms with E-state index in [1.54, 1.807) is 12.4 Å². The number of nitrogens with zero attached hydrogens (tertiary/aromatic N) is 11. The lowest BCUT2D eigenvalue weighted by Crippen LogP contribution is -2.48. The van der Waals surface area contributed by atoms with Crippen molar-refractivity contribution >= 4 is 47.5 Å². The maximum absolute atomic E-state index is 14.6. The SMILES string of the molecule is C[C@H]1[C@H](F)C[C@@H](C(=O)CCc2cc(OCc3ccc(F)cn3)c(F)cn2)N1S(=O)(=O)c1ccc(F)cc1.C[C@H]1[C@H](F)C[C@@H](C(=O)CCc2cn(-c3cnc(C(F)(F)F)nc3)nc2C(F)(F)F)N1S(=O)(=O)c1ccc(F)cc1.Cc1cncc(COc2cc(CNC(=O)[C@@H]3C[C@@H](F)[C@H](C)N3S(=O)(=O)c3ccc(F)cc3)ncc2F)c1. The Hall–Kier alpha value is -10.4. The highest BCUT2D eigenvalue weighted by atomic mass is 32.2. The molecule has 3 fully saturated rings. The van der Waals surface area contributed by atoms with Gasteiger partial charge in [0.05, 0.1) is 93.8 Å². The lowest BCUT2D eigenvalue weighted by molar-refractivity contribution is -0.145. The molecule has 3 aromatic carbocycles. The summed E-state index contributed by atoms with van der Waals surface area (Å²) in [6.45, 7) is 5.61. The van der Waals surface area contributed by atoms with Crippen LogP contribution in [-0.2, 0) is 89.4 Å². The summed E-state index contributed by atoms with van der Waals surface area (Å²) in [4.78, 5) is 60.1. The zero-order valence-electron chi connectivity index (χ0n) is 60.0. The average Bonchev–Trinajstić information content (AvgIpc) is 1.61. The monoisotopic (exact) mass is 1670 g/mol. The molecule has 23 nitrogen and oxygen atoms in total. The number of amides is 1. The molecule has 1 amide bonds. The summed E-state index contributed by atoms with van der Waals surface area (Å²) in [7, 11) is -13.0. The number of halogens is 15. The van der Waals surface area contributed by atoms with Crippen molar-refractivity contribution in [1.82, 2.24) is 57.9 Å². The summed E-state index contributed by atoms with van der Waals surface area (Å²) in [5.74, 6) is -7.83. The van der Waals surface area contributed by atoms with Gasteiger partial charge in [-0.2, -0.15) is 44.4 Å². The minimum absolute atomic E-state index is 0.0243. The Morgan fingerprint density at radius 2 is 0.921 bits per heavy atom. The van der Waals surface area contributed by atoms with E-state index in [-0.39, 0.29) is 78.1 Å². The van der Waals surface area contributed by atoms with E-state index < -0.39 is 191 Å². The van der Waals surface area contributed by atoms with E-state index in [2.05, 4.69) is 40.3 Å². The average molecular weight is 1670 g/mol. The molecule has 1 N–H and O–H groups in total. The molecular formula is C73H67F15N12O11S3. The van der Waals surface area contributed by atoms with Crippen LogP contribution < -0.4 is 14.8 Å². The molecule has 3 aliphatic heterocycles. The van der Waals surface area contributed by atoms with Gasteiger partial charge in [0.15, 0.2) is 40.4 Å². The summed E-state index contributed by atoms with van der Waals surface area (Å²) < 4.78 is 297. The number of sulfonamides is 3. The van der Waals surface area contributed by atoms with Crippen LogP contribution >= 0.6 is 0 Å². The van der Waals surface area contributed by atoms with Gasteiger partial charge in [-0.1, -0.05) is 0 Å². The summed E-state index contributed by atoms with van der Waals surface area (Å²) in [5.41, 5.74) is 0.313. The Balaban J connectivity index is 0.000000181. The number of Topliss-reactive ketones (excluding diaryl/α,β-unsaturated/α-hetero) is 2. The number of pyridine rings is 4. The van der Waals surface area contributed by atoms with Crippen LogP contribution in [0.25, 0.3) is 5.69 Å². The zero-order valence-corrected chi connectivity index (χ0v) is 62.5. The number of carbonyl (C=O) groups excluding carboxylic acids is 3. The molecule has 9 atom stereocenters. The van der Waals surface area contributed by atoms with Crippen LogP contribution in [-0.4, -0.2) is 150 Å². The number of rotatable bonds is 24. The van der Waals surface area contributed by atoms with Gasteiger partial charge in [0.1, 0.15) is 66.7 Å². The number of ether oxygens (including phenoxy) is 2. The van der Waals surface area contributed by atoms with Gasteiger partial charge in [0.25, 0.3) is 0 Å². The van der Waals surface area contributed by atoms with Crippen molar-refractivity contribution < 1.29 is 115 Å². The Bertz CT molecular complexity index is 5280. The Labute approximate surface area is 641 Å². The predicted octanol–water partition coefficient (Wildman–Crippen LogP) is 12.1. The number of alkyl halides is 9. The first kappa shape index (κ1) is 86.1. The topological polar surface area (TPSA) is 289 Å². The molecule has 114 heavy (non-hydrogen) atoms. The number of aromatic nitrogens is 8. The van der Waals surface area contributed by atoms with Crippen molar-refractivity contribution in [3.8, 4) is 17.2 Å². The number of benzene rings is 3. The molecule has 0 unspecified atom stereocenters. The van der Waals surface area contributed by atoms with Gasteiger partial charge in [0.2, 0.25) is 41.8 Å². The van der Waals surface area contributed by atoms with E-state index in [0.29, 0.717) is 32.8 Å². The van der Waals surface area contributed by atoms with Crippen LogP contribution in [0.3, 0.4) is 0 Å². The van der Waals surface area contributed by atoms with Gasteiger partial charge in [-0.3, -0.25) is 34.3 Å². The molecule has 0 spiro atoms. The third-order valence-electron chi connectivity index (χ3n) is 18.4. The molecule has 9 heterocycles. The molecule has 0 bridgehead atoms. The molecule has 0 radical (unpaired) electrons. The highest BCUT2D eigenvalue weighted by Crippen LogP contribution is 2.39. The molecule has 6 aromatic heterocycles. The fourth-order valence-corrected chi connectivity index (χ4v) is 18.0. The normalized spacial score (nSPS) is 20.3. The minimum atomic E-state index is -5.01. The Kier molecular flexibility index (Phi) is 26.9. The van der Waals surface area contributed by atoms with Crippen molar-refractivity contribution in [3.63, 3.8) is 0 Å². The van der Waals surface area contributed by atoms with Crippen molar-refractivity contribution in [2.75, 3.05) is 0 Å². The van der Waals surface area contributed by atoms with Crippen LogP contribution in [0.2, 0.25) is 0 Å². The van der Waals surface area contributed by atoms with E-state index in [4.69, 9.17) is 9.47 Å². The number of hydrogen-bond acceptors (Lipinski definition) is 18. The summed E-state index contributed by atoms with van der Waals surface area (Å²) in [6.07, 6.45) is -9.13. The minimum Gasteiger partial charge on any atom is -0.486 e. The number of ketones is 2. The number of nitrogens with one attached hydrogen (secondary N) is 1. The molecule has 0 aliphatic carbocycles. The second-order valence-electron chi connectivity index (χ2n) is 26.4. The van der Waals surface area contributed by atoms with E-state index in [9.17, 15) is 105 Å². The first-order valence-corrected chi connectivity index (χ1v) is 38.7. The first-order valence-electron chi connectivity index (χ1n) is 34.4. The predicted molar refractivity (Wildman–Crippen MR) is 372 cm³/mol.